The van der Waals surface area contributed by atoms with Crippen LogP contribution in [0.25, 0.3) is 72.3 Å². The lowest BCUT2D eigenvalue weighted by molar-refractivity contribution is 0.959. The number of thiophene rings is 1. The maximum absolute atomic E-state index is 5.00. The molecule has 0 radical (unpaired) electrons. The number of hydrogen-bond acceptors (Lipinski definition) is 3. The average Bonchev–Trinajstić information content (AvgIpc) is 3.74. The molecule has 0 saturated carbocycles. The van der Waals surface area contributed by atoms with Crippen molar-refractivity contribution in [1.82, 2.24) is 19.1 Å². The van der Waals surface area contributed by atoms with Gasteiger partial charge in [0.15, 0.2) is 0 Å². The molecule has 40 heavy (non-hydrogen) atoms. The molecule has 0 aliphatic carbocycles. The fraction of sp³-hybridized carbons (Fsp3) is 0.0286. The second kappa shape index (κ2) is 9.04. The number of imidazole rings is 1. The minimum absolute atomic E-state index is 0.959. The van der Waals surface area contributed by atoms with E-state index in [1.54, 1.807) is 11.3 Å². The highest BCUT2D eigenvalue weighted by Gasteiger charge is 2.19. The van der Waals surface area contributed by atoms with Gasteiger partial charge in [0, 0.05) is 46.4 Å². The van der Waals surface area contributed by atoms with E-state index in [1.807, 2.05) is 24.4 Å². The van der Waals surface area contributed by atoms with Gasteiger partial charge in [-0.15, -0.1) is 0 Å². The number of aryl methyl sites for hydroxylation is 1. The first-order valence-corrected chi connectivity index (χ1v) is 14.2. The number of rotatable bonds is 4. The number of nitrogens with zero attached hydrogens (tertiary/aromatic N) is 4. The molecule has 4 aromatic heterocycles. The number of hydrogen-bond donors (Lipinski definition) is 0. The Bertz CT molecular complexity index is 2170. The van der Waals surface area contributed by atoms with Crippen LogP contribution in [0.2, 0.25) is 0 Å². The Morgan fingerprint density at radius 1 is 0.675 bits per heavy atom. The van der Waals surface area contributed by atoms with Crippen LogP contribution < -0.4 is 0 Å². The molecule has 0 atom stereocenters. The summed E-state index contributed by atoms with van der Waals surface area (Å²) in [5, 5.41) is 6.83. The van der Waals surface area contributed by atoms with Crippen molar-refractivity contribution in [3.63, 3.8) is 0 Å². The zero-order chi connectivity index (χ0) is 26.6. The van der Waals surface area contributed by atoms with Crippen LogP contribution in [0.1, 0.15) is 0 Å². The minimum Gasteiger partial charge on any atom is -0.327 e. The summed E-state index contributed by atoms with van der Waals surface area (Å²) in [7, 11) is 2.09. The average molecular weight is 533 g/mol. The van der Waals surface area contributed by atoms with Crippen molar-refractivity contribution in [2.45, 2.75) is 0 Å². The Kier molecular flexibility index (Phi) is 5.18. The van der Waals surface area contributed by atoms with E-state index in [2.05, 4.69) is 123 Å². The van der Waals surface area contributed by atoms with Crippen LogP contribution in [-0.2, 0) is 7.05 Å². The number of pyridine rings is 1. The van der Waals surface area contributed by atoms with Gasteiger partial charge in [-0.3, -0.25) is 4.98 Å². The second-order valence-electron chi connectivity index (χ2n) is 10.0. The number of aromatic nitrogens is 4. The maximum Gasteiger partial charge on any atom is 0.140 e. The molecule has 0 aliphatic heterocycles. The van der Waals surface area contributed by atoms with Gasteiger partial charge in [-0.1, -0.05) is 60.7 Å². The molecule has 8 rings (SSSR count). The van der Waals surface area contributed by atoms with Crippen LogP contribution in [0.15, 0.2) is 126 Å². The first kappa shape index (κ1) is 22.9. The predicted octanol–water partition coefficient (Wildman–Crippen LogP) is 9.13. The van der Waals surface area contributed by atoms with Gasteiger partial charge in [-0.05, 0) is 64.9 Å². The van der Waals surface area contributed by atoms with E-state index in [0.717, 1.165) is 44.9 Å². The summed E-state index contributed by atoms with van der Waals surface area (Å²) in [6, 6.07) is 38.6. The van der Waals surface area contributed by atoms with Gasteiger partial charge < -0.3 is 9.13 Å². The summed E-state index contributed by atoms with van der Waals surface area (Å²) in [6.07, 6.45) is 1.85. The van der Waals surface area contributed by atoms with E-state index in [0.29, 0.717) is 0 Å². The molecule has 0 amide bonds. The van der Waals surface area contributed by atoms with Gasteiger partial charge >= 0.3 is 0 Å². The van der Waals surface area contributed by atoms with E-state index in [-0.39, 0.29) is 0 Å². The first-order chi connectivity index (χ1) is 19.8. The number of fused-ring (bicyclic) bond motifs is 4. The van der Waals surface area contributed by atoms with E-state index in [4.69, 9.17) is 4.98 Å². The van der Waals surface area contributed by atoms with E-state index >= 15 is 0 Å². The van der Waals surface area contributed by atoms with Gasteiger partial charge in [0.25, 0.3) is 0 Å². The topological polar surface area (TPSA) is 35.6 Å². The SMILES string of the molecule is Cn1c(-c2ccc3c4cccc(-c5ccsc5)c4n(-c4cccc(-c5ccccn5)c4)c3c2)nc2ccccc21. The fourth-order valence-corrected chi connectivity index (χ4v) is 6.52. The van der Waals surface area contributed by atoms with E-state index in [9.17, 15) is 0 Å². The summed E-state index contributed by atoms with van der Waals surface area (Å²) in [5.74, 6) is 0.959. The highest BCUT2D eigenvalue weighted by molar-refractivity contribution is 7.08. The monoisotopic (exact) mass is 532 g/mol. The molecular weight excluding hydrogens is 508 g/mol. The zero-order valence-corrected chi connectivity index (χ0v) is 22.6. The van der Waals surface area contributed by atoms with Crippen LogP contribution in [-0.4, -0.2) is 19.1 Å². The molecule has 5 heteroatoms. The molecule has 8 aromatic rings. The van der Waals surface area contributed by atoms with Crippen LogP contribution in [0.4, 0.5) is 0 Å². The van der Waals surface area contributed by atoms with Crippen molar-refractivity contribution in [2.75, 3.05) is 0 Å². The summed E-state index contributed by atoms with van der Waals surface area (Å²) in [4.78, 5) is 9.62. The molecule has 0 saturated heterocycles. The molecule has 0 unspecified atom stereocenters. The fourth-order valence-electron chi connectivity index (χ4n) is 5.87. The Hall–Kier alpha value is -5.00. The molecule has 4 heterocycles. The Morgan fingerprint density at radius 2 is 1.57 bits per heavy atom. The maximum atomic E-state index is 5.00. The normalized spacial score (nSPS) is 11.6. The first-order valence-electron chi connectivity index (χ1n) is 13.3. The van der Waals surface area contributed by atoms with Gasteiger partial charge in [0.2, 0.25) is 0 Å². The molecular formula is C35H24N4S. The zero-order valence-electron chi connectivity index (χ0n) is 21.8. The van der Waals surface area contributed by atoms with Gasteiger partial charge in [-0.25, -0.2) is 4.98 Å². The number of benzene rings is 4. The van der Waals surface area contributed by atoms with Gasteiger partial charge in [-0.2, -0.15) is 11.3 Å². The highest BCUT2D eigenvalue weighted by atomic mass is 32.1. The van der Waals surface area contributed by atoms with Gasteiger partial charge in [0.1, 0.15) is 5.82 Å². The lowest BCUT2D eigenvalue weighted by Gasteiger charge is -2.13. The standard InChI is InChI=1S/C35H24N4S/c1-38-32-14-3-2-13-31(32)37-35(38)24-15-16-28-29-11-7-10-27(25-17-19-40-22-25)34(29)39(33(28)21-24)26-9-6-8-23(20-26)30-12-4-5-18-36-30/h2-22H,1H3. The molecule has 4 aromatic carbocycles. The third kappa shape index (κ3) is 3.52. The number of para-hydroxylation sites is 3. The van der Waals surface area contributed by atoms with Crippen molar-refractivity contribution in [2.24, 2.45) is 7.05 Å². The van der Waals surface area contributed by atoms with Crippen LogP contribution >= 0.6 is 11.3 Å². The summed E-state index contributed by atoms with van der Waals surface area (Å²) >= 11 is 1.73. The molecule has 0 bridgehead atoms. The highest BCUT2D eigenvalue weighted by Crippen LogP contribution is 2.40. The lowest BCUT2D eigenvalue weighted by Crippen LogP contribution is -1.97. The molecule has 4 nitrogen and oxygen atoms in total. The van der Waals surface area contributed by atoms with Crippen LogP contribution in [0.3, 0.4) is 0 Å². The summed E-state index contributed by atoms with van der Waals surface area (Å²) in [6.45, 7) is 0. The third-order valence-corrected chi connectivity index (χ3v) is 8.41. The van der Waals surface area contributed by atoms with E-state index in [1.165, 1.54) is 27.4 Å². The van der Waals surface area contributed by atoms with Crippen molar-refractivity contribution in [3.8, 4) is 39.5 Å². The molecule has 0 N–H and O–H groups in total. The van der Waals surface area contributed by atoms with E-state index < -0.39 is 0 Å². The van der Waals surface area contributed by atoms with Crippen LogP contribution in [0.5, 0.6) is 0 Å². The third-order valence-electron chi connectivity index (χ3n) is 7.73. The van der Waals surface area contributed by atoms with Crippen molar-refractivity contribution in [3.05, 3.63) is 126 Å². The molecule has 0 aliphatic rings. The minimum atomic E-state index is 0.959. The second-order valence-corrected chi connectivity index (χ2v) is 10.8. The van der Waals surface area contributed by atoms with Crippen molar-refractivity contribution >= 4 is 44.2 Å². The van der Waals surface area contributed by atoms with Gasteiger partial charge in [0.05, 0.1) is 27.8 Å². The largest absolute Gasteiger partial charge is 0.327 e. The quantitative estimate of drug-likeness (QED) is 0.227. The lowest BCUT2D eigenvalue weighted by atomic mass is 10.0. The van der Waals surface area contributed by atoms with Crippen molar-refractivity contribution in [1.29, 1.82) is 0 Å². The van der Waals surface area contributed by atoms with Crippen LogP contribution in [0, 0.1) is 0 Å². The Labute approximate surface area is 235 Å². The smallest absolute Gasteiger partial charge is 0.140 e. The molecule has 0 spiro atoms. The molecule has 190 valence electrons. The Morgan fingerprint density at radius 3 is 2.42 bits per heavy atom. The molecule has 0 fully saturated rings. The summed E-state index contributed by atoms with van der Waals surface area (Å²) < 4.78 is 4.60. The summed E-state index contributed by atoms with van der Waals surface area (Å²) in [5.41, 5.74) is 11.2. The van der Waals surface area contributed by atoms with Crippen molar-refractivity contribution < 1.29 is 0 Å². The Balaban J connectivity index is 1.45. The predicted molar refractivity (Wildman–Crippen MR) is 167 cm³/mol.